The van der Waals surface area contributed by atoms with E-state index in [9.17, 15) is 14.9 Å². The van der Waals surface area contributed by atoms with Gasteiger partial charge in [-0.1, -0.05) is 23.7 Å². The van der Waals surface area contributed by atoms with Crippen molar-refractivity contribution in [3.05, 3.63) is 102 Å². The number of nitro groups is 1. The maximum Gasteiger partial charge on any atom is 0.363 e. The van der Waals surface area contributed by atoms with Crippen LogP contribution in [0.3, 0.4) is 0 Å². The fourth-order valence-corrected chi connectivity index (χ4v) is 4.27. The third-order valence-electron chi connectivity index (χ3n) is 4.85. The summed E-state index contributed by atoms with van der Waals surface area (Å²) >= 11 is 8.20. The van der Waals surface area contributed by atoms with Gasteiger partial charge in [0.05, 0.1) is 15.1 Å². The smallest absolute Gasteiger partial charge is 0.363 e. The highest BCUT2D eigenvalue weighted by Gasteiger charge is 2.25. The van der Waals surface area contributed by atoms with Gasteiger partial charge in [-0.3, -0.25) is 10.1 Å². The molecule has 0 fully saturated rings. The monoisotopic (exact) mass is 604 g/mol. The molecule has 0 N–H and O–H groups in total. The van der Waals surface area contributed by atoms with E-state index in [1.807, 2.05) is 31.2 Å². The first-order chi connectivity index (χ1) is 16.8. The van der Waals surface area contributed by atoms with Crippen LogP contribution in [-0.2, 0) is 16.1 Å². The predicted molar refractivity (Wildman–Crippen MR) is 140 cm³/mol. The molecule has 8 nitrogen and oxygen atoms in total. The Morgan fingerprint density at radius 1 is 1.14 bits per heavy atom. The van der Waals surface area contributed by atoms with Crippen LogP contribution in [0.1, 0.15) is 23.6 Å². The van der Waals surface area contributed by atoms with Gasteiger partial charge in [0.25, 0.3) is 5.69 Å². The Morgan fingerprint density at radius 2 is 1.91 bits per heavy atom. The van der Waals surface area contributed by atoms with Crippen molar-refractivity contribution in [2.24, 2.45) is 4.99 Å². The first-order valence-corrected chi connectivity index (χ1v) is 11.9. The standard InChI is InChI=1S/C25H18ClIN2O6/c1-2-33-22-13-16(11-20(27)23(22)34-14-15-4-3-5-18(26)10-15)12-21-25(30)35-24(28-21)17-6-8-19(9-7-17)29(31)32/h3-13H,2,14H2,1H3/b21-12-. The normalized spacial score (nSPS) is 14.0. The predicted octanol–water partition coefficient (Wildman–Crippen LogP) is 6.18. The van der Waals surface area contributed by atoms with Crippen LogP contribution in [0.4, 0.5) is 5.69 Å². The fourth-order valence-electron chi connectivity index (χ4n) is 3.27. The lowest BCUT2D eigenvalue weighted by molar-refractivity contribution is -0.384. The number of benzene rings is 3. The van der Waals surface area contributed by atoms with Gasteiger partial charge in [0.15, 0.2) is 17.2 Å². The molecule has 178 valence electrons. The van der Waals surface area contributed by atoms with Crippen molar-refractivity contribution in [1.29, 1.82) is 0 Å². The number of esters is 1. The summed E-state index contributed by atoms with van der Waals surface area (Å²) in [6.07, 6.45) is 1.59. The number of halogens is 2. The van der Waals surface area contributed by atoms with Gasteiger partial charge in [0.1, 0.15) is 6.61 Å². The van der Waals surface area contributed by atoms with Crippen molar-refractivity contribution < 1.29 is 23.9 Å². The molecular weight excluding hydrogens is 587 g/mol. The third-order valence-corrected chi connectivity index (χ3v) is 5.89. The Hall–Kier alpha value is -3.44. The van der Waals surface area contributed by atoms with Crippen LogP contribution in [0.2, 0.25) is 5.02 Å². The van der Waals surface area contributed by atoms with E-state index >= 15 is 0 Å². The lowest BCUT2D eigenvalue weighted by atomic mass is 10.1. The third kappa shape index (κ3) is 5.98. The van der Waals surface area contributed by atoms with E-state index in [-0.39, 0.29) is 17.3 Å². The number of carbonyl (C=O) groups excluding carboxylic acids is 1. The Balaban J connectivity index is 1.59. The Kier molecular flexibility index (Phi) is 7.67. The summed E-state index contributed by atoms with van der Waals surface area (Å²) in [6, 6.07) is 16.6. The molecule has 0 bridgehead atoms. The zero-order valence-corrected chi connectivity index (χ0v) is 21.3. The highest BCUT2D eigenvalue weighted by atomic mass is 127. The Bertz CT molecular complexity index is 1350. The van der Waals surface area contributed by atoms with Crippen molar-refractivity contribution in [2.75, 3.05) is 6.61 Å². The number of cyclic esters (lactones) is 1. The second-order valence-electron chi connectivity index (χ2n) is 7.32. The highest BCUT2D eigenvalue weighted by molar-refractivity contribution is 14.1. The van der Waals surface area contributed by atoms with Crippen LogP contribution >= 0.6 is 34.2 Å². The molecule has 0 atom stereocenters. The maximum atomic E-state index is 12.4. The zero-order valence-electron chi connectivity index (χ0n) is 18.4. The quantitative estimate of drug-likeness (QED) is 0.100. The van der Waals surface area contributed by atoms with Gasteiger partial charge in [0, 0.05) is 22.7 Å². The molecule has 10 heteroatoms. The van der Waals surface area contributed by atoms with E-state index in [4.69, 9.17) is 25.8 Å². The minimum absolute atomic E-state index is 0.0647. The molecule has 1 heterocycles. The van der Waals surface area contributed by atoms with Gasteiger partial charge in [-0.25, -0.2) is 9.79 Å². The van der Waals surface area contributed by atoms with Crippen molar-refractivity contribution in [1.82, 2.24) is 0 Å². The molecule has 3 aromatic carbocycles. The number of rotatable bonds is 8. The SMILES string of the molecule is CCOc1cc(/C=C2\N=C(c3ccc([N+](=O)[O-])cc3)OC2=O)cc(I)c1OCc1cccc(Cl)c1. The highest BCUT2D eigenvalue weighted by Crippen LogP contribution is 2.36. The molecule has 0 aliphatic carbocycles. The molecule has 0 amide bonds. The molecular formula is C25H18ClIN2O6. The van der Waals surface area contributed by atoms with Gasteiger partial charge in [-0.15, -0.1) is 0 Å². The number of hydrogen-bond acceptors (Lipinski definition) is 7. The fraction of sp³-hybridized carbons (Fsp3) is 0.120. The first kappa shape index (κ1) is 24.7. The summed E-state index contributed by atoms with van der Waals surface area (Å²) in [7, 11) is 0. The zero-order chi connectivity index (χ0) is 24.9. The Morgan fingerprint density at radius 3 is 2.60 bits per heavy atom. The number of nitrogens with zero attached hydrogens (tertiary/aromatic N) is 2. The van der Waals surface area contributed by atoms with E-state index in [0.29, 0.717) is 40.9 Å². The van der Waals surface area contributed by atoms with Gasteiger partial charge < -0.3 is 14.2 Å². The number of ether oxygens (including phenoxy) is 3. The molecule has 1 aliphatic heterocycles. The second kappa shape index (κ2) is 10.9. The van der Waals surface area contributed by atoms with E-state index < -0.39 is 10.9 Å². The van der Waals surface area contributed by atoms with Gasteiger partial charge in [-0.05, 0) is 83.1 Å². The van der Waals surface area contributed by atoms with Crippen molar-refractivity contribution in [2.45, 2.75) is 13.5 Å². The molecule has 0 saturated carbocycles. The van der Waals surface area contributed by atoms with Crippen molar-refractivity contribution in [3.63, 3.8) is 0 Å². The molecule has 3 aromatic rings. The van der Waals surface area contributed by atoms with Gasteiger partial charge >= 0.3 is 5.97 Å². The number of hydrogen-bond donors (Lipinski definition) is 0. The minimum atomic E-state index is -0.618. The maximum absolute atomic E-state index is 12.4. The summed E-state index contributed by atoms with van der Waals surface area (Å²) in [6.45, 7) is 2.61. The summed E-state index contributed by atoms with van der Waals surface area (Å²) < 4.78 is 17.9. The molecule has 35 heavy (non-hydrogen) atoms. The lowest BCUT2D eigenvalue weighted by Gasteiger charge is -2.15. The Labute approximate surface area is 219 Å². The van der Waals surface area contributed by atoms with Crippen molar-refractivity contribution in [3.8, 4) is 11.5 Å². The number of aliphatic imine (C=N–C) groups is 1. The average molecular weight is 605 g/mol. The molecule has 4 rings (SSSR count). The van der Waals surface area contributed by atoms with Gasteiger partial charge in [0.2, 0.25) is 5.90 Å². The number of carbonyl (C=O) groups is 1. The summed E-state index contributed by atoms with van der Waals surface area (Å²) in [5.41, 5.74) is 2.09. The average Bonchev–Trinajstić information content (AvgIpc) is 3.19. The van der Waals surface area contributed by atoms with Gasteiger partial charge in [-0.2, -0.15) is 0 Å². The van der Waals surface area contributed by atoms with E-state index in [1.165, 1.54) is 24.3 Å². The van der Waals surface area contributed by atoms with Crippen LogP contribution < -0.4 is 9.47 Å². The molecule has 0 unspecified atom stereocenters. The van der Waals surface area contributed by atoms with Crippen LogP contribution in [0.25, 0.3) is 6.08 Å². The molecule has 0 radical (unpaired) electrons. The van der Waals surface area contributed by atoms with Crippen LogP contribution in [0.5, 0.6) is 11.5 Å². The minimum Gasteiger partial charge on any atom is -0.490 e. The molecule has 0 spiro atoms. The molecule has 0 saturated heterocycles. The van der Waals surface area contributed by atoms with Crippen LogP contribution in [0, 0.1) is 13.7 Å². The second-order valence-corrected chi connectivity index (χ2v) is 8.92. The van der Waals surface area contributed by atoms with E-state index in [1.54, 1.807) is 18.2 Å². The topological polar surface area (TPSA) is 100 Å². The van der Waals surface area contributed by atoms with E-state index in [2.05, 4.69) is 27.6 Å². The molecule has 1 aliphatic rings. The lowest BCUT2D eigenvalue weighted by Crippen LogP contribution is -2.05. The summed E-state index contributed by atoms with van der Waals surface area (Å²) in [5, 5.41) is 11.5. The summed E-state index contributed by atoms with van der Waals surface area (Å²) in [4.78, 5) is 27.0. The van der Waals surface area contributed by atoms with E-state index in [0.717, 1.165) is 9.13 Å². The molecule has 0 aromatic heterocycles. The largest absolute Gasteiger partial charge is 0.490 e. The van der Waals surface area contributed by atoms with Crippen LogP contribution in [-0.4, -0.2) is 23.4 Å². The summed E-state index contributed by atoms with van der Waals surface area (Å²) in [5.74, 6) is 0.572. The first-order valence-electron chi connectivity index (χ1n) is 10.4. The number of non-ortho nitro benzene ring substituents is 1. The van der Waals surface area contributed by atoms with Crippen LogP contribution in [0.15, 0.2) is 71.4 Å². The van der Waals surface area contributed by atoms with Crippen molar-refractivity contribution >= 4 is 57.8 Å². The number of nitro benzene ring substituents is 1.